The molecule has 4 aromatic rings. The highest BCUT2D eigenvalue weighted by Gasteiger charge is 2.14. The van der Waals surface area contributed by atoms with Crippen molar-refractivity contribution in [3.8, 4) is 11.1 Å². The Hall–Kier alpha value is -2.98. The Kier molecular flexibility index (Phi) is 4.04. The number of rotatable bonds is 3. The van der Waals surface area contributed by atoms with Crippen molar-refractivity contribution >= 4 is 34.0 Å². The lowest BCUT2D eigenvalue weighted by atomic mass is 10.0. The molecular weight excluding hydrogens is 337 g/mol. The van der Waals surface area contributed by atoms with Gasteiger partial charge in [-0.25, -0.2) is 14.4 Å². The van der Waals surface area contributed by atoms with Crippen LogP contribution in [0.2, 0.25) is 5.02 Å². The van der Waals surface area contributed by atoms with Crippen LogP contribution >= 0.6 is 11.6 Å². The number of para-hydroxylation sites is 2. The zero-order chi connectivity index (χ0) is 17.2. The van der Waals surface area contributed by atoms with Crippen molar-refractivity contribution in [2.24, 2.45) is 0 Å². The Morgan fingerprint density at radius 2 is 1.64 bits per heavy atom. The highest BCUT2D eigenvalue weighted by Crippen LogP contribution is 2.37. The van der Waals surface area contributed by atoms with E-state index in [2.05, 4.69) is 15.3 Å². The first-order chi connectivity index (χ1) is 12.2. The van der Waals surface area contributed by atoms with Gasteiger partial charge in [-0.05, 0) is 30.3 Å². The van der Waals surface area contributed by atoms with E-state index in [9.17, 15) is 4.39 Å². The standard InChI is InChI=1S/C20H13ClFN3/c21-15-8-5-9-16(22)19(15)13-6-1-4-11-18(13)25-20-14-7-2-3-10-17(14)23-12-24-20/h1-12H,(H,23,24,25). The molecule has 5 heteroatoms. The summed E-state index contributed by atoms with van der Waals surface area (Å²) < 4.78 is 14.4. The van der Waals surface area contributed by atoms with E-state index in [0.717, 1.165) is 16.6 Å². The van der Waals surface area contributed by atoms with Crippen LogP contribution in [0.15, 0.2) is 73.1 Å². The summed E-state index contributed by atoms with van der Waals surface area (Å²) in [4.78, 5) is 8.59. The minimum absolute atomic E-state index is 0.363. The highest BCUT2D eigenvalue weighted by atomic mass is 35.5. The third kappa shape index (κ3) is 2.92. The number of benzene rings is 3. The number of anilines is 2. The van der Waals surface area contributed by atoms with Crippen molar-refractivity contribution in [1.82, 2.24) is 9.97 Å². The molecule has 0 radical (unpaired) electrons. The average Bonchev–Trinajstić information content (AvgIpc) is 2.63. The van der Waals surface area contributed by atoms with Crippen molar-refractivity contribution in [2.75, 3.05) is 5.32 Å². The first-order valence-corrected chi connectivity index (χ1v) is 8.12. The lowest BCUT2D eigenvalue weighted by Gasteiger charge is -2.14. The second-order valence-electron chi connectivity index (χ2n) is 5.51. The van der Waals surface area contributed by atoms with Gasteiger partial charge in [0.1, 0.15) is 18.0 Å². The van der Waals surface area contributed by atoms with E-state index in [1.165, 1.54) is 12.4 Å². The molecule has 0 aliphatic carbocycles. The maximum Gasteiger partial charge on any atom is 0.141 e. The normalized spacial score (nSPS) is 10.8. The van der Waals surface area contributed by atoms with Gasteiger partial charge in [0.05, 0.1) is 10.5 Å². The van der Waals surface area contributed by atoms with E-state index in [0.29, 0.717) is 22.0 Å². The van der Waals surface area contributed by atoms with Gasteiger partial charge in [0.15, 0.2) is 0 Å². The zero-order valence-corrected chi connectivity index (χ0v) is 13.8. The minimum atomic E-state index is -0.366. The molecule has 0 amide bonds. The van der Waals surface area contributed by atoms with Gasteiger partial charge in [0, 0.05) is 22.2 Å². The van der Waals surface area contributed by atoms with E-state index in [1.54, 1.807) is 12.1 Å². The number of nitrogens with zero attached hydrogens (tertiary/aromatic N) is 2. The van der Waals surface area contributed by atoms with E-state index < -0.39 is 0 Å². The summed E-state index contributed by atoms with van der Waals surface area (Å²) in [5.41, 5.74) is 2.60. The number of aromatic nitrogens is 2. The predicted octanol–water partition coefficient (Wildman–Crippen LogP) is 5.83. The van der Waals surface area contributed by atoms with Crippen LogP contribution < -0.4 is 5.32 Å². The molecule has 0 spiro atoms. The molecule has 122 valence electrons. The highest BCUT2D eigenvalue weighted by molar-refractivity contribution is 6.33. The molecule has 0 atom stereocenters. The monoisotopic (exact) mass is 349 g/mol. The van der Waals surface area contributed by atoms with Gasteiger partial charge in [-0.2, -0.15) is 0 Å². The first kappa shape index (κ1) is 15.5. The van der Waals surface area contributed by atoms with Crippen molar-refractivity contribution in [3.63, 3.8) is 0 Å². The summed E-state index contributed by atoms with van der Waals surface area (Å²) in [6.07, 6.45) is 1.50. The van der Waals surface area contributed by atoms with Crippen molar-refractivity contribution in [2.45, 2.75) is 0 Å². The van der Waals surface area contributed by atoms with Crippen molar-refractivity contribution in [1.29, 1.82) is 0 Å². The number of hydrogen-bond donors (Lipinski definition) is 1. The lowest BCUT2D eigenvalue weighted by Crippen LogP contribution is -1.98. The van der Waals surface area contributed by atoms with Crippen LogP contribution in [0.25, 0.3) is 22.0 Å². The molecule has 1 N–H and O–H groups in total. The molecule has 0 fully saturated rings. The second-order valence-corrected chi connectivity index (χ2v) is 5.91. The summed E-state index contributed by atoms with van der Waals surface area (Å²) in [5.74, 6) is 0.291. The third-order valence-corrected chi connectivity index (χ3v) is 4.27. The van der Waals surface area contributed by atoms with Gasteiger partial charge in [-0.1, -0.05) is 48.0 Å². The molecule has 25 heavy (non-hydrogen) atoms. The quantitative estimate of drug-likeness (QED) is 0.505. The summed E-state index contributed by atoms with van der Waals surface area (Å²) in [6, 6.07) is 19.8. The summed E-state index contributed by atoms with van der Waals surface area (Å²) in [6.45, 7) is 0. The molecule has 0 saturated heterocycles. The molecule has 3 nitrogen and oxygen atoms in total. The molecule has 3 aromatic carbocycles. The van der Waals surface area contributed by atoms with E-state index in [1.807, 2.05) is 48.5 Å². The zero-order valence-electron chi connectivity index (χ0n) is 13.1. The van der Waals surface area contributed by atoms with Gasteiger partial charge >= 0.3 is 0 Å². The fourth-order valence-corrected chi connectivity index (χ4v) is 3.06. The van der Waals surface area contributed by atoms with Crippen LogP contribution in [0.5, 0.6) is 0 Å². The Balaban J connectivity index is 1.85. The SMILES string of the molecule is Fc1cccc(Cl)c1-c1ccccc1Nc1ncnc2ccccc12. The average molecular weight is 350 g/mol. The number of halogens is 2. The molecule has 1 aromatic heterocycles. The summed E-state index contributed by atoms with van der Waals surface area (Å²) >= 11 is 6.24. The fraction of sp³-hybridized carbons (Fsp3) is 0. The maximum atomic E-state index is 14.4. The van der Waals surface area contributed by atoms with Crippen LogP contribution in [0.4, 0.5) is 15.9 Å². The predicted molar refractivity (Wildman–Crippen MR) is 99.7 cm³/mol. The van der Waals surface area contributed by atoms with Gasteiger partial charge in [0.2, 0.25) is 0 Å². The minimum Gasteiger partial charge on any atom is -0.339 e. The van der Waals surface area contributed by atoms with Gasteiger partial charge in [-0.3, -0.25) is 0 Å². The maximum absolute atomic E-state index is 14.4. The number of fused-ring (bicyclic) bond motifs is 1. The molecule has 0 bridgehead atoms. The Labute approximate surface area is 149 Å². The number of hydrogen-bond acceptors (Lipinski definition) is 3. The van der Waals surface area contributed by atoms with Crippen LogP contribution in [-0.4, -0.2) is 9.97 Å². The van der Waals surface area contributed by atoms with E-state index >= 15 is 0 Å². The number of nitrogens with one attached hydrogen (secondary N) is 1. The molecule has 0 saturated carbocycles. The molecule has 0 unspecified atom stereocenters. The van der Waals surface area contributed by atoms with E-state index in [-0.39, 0.29) is 5.82 Å². The summed E-state index contributed by atoms with van der Waals surface area (Å²) in [7, 11) is 0. The smallest absolute Gasteiger partial charge is 0.141 e. The third-order valence-electron chi connectivity index (χ3n) is 3.96. The lowest BCUT2D eigenvalue weighted by molar-refractivity contribution is 0.631. The topological polar surface area (TPSA) is 37.8 Å². The Morgan fingerprint density at radius 1 is 0.840 bits per heavy atom. The van der Waals surface area contributed by atoms with Crippen LogP contribution in [0, 0.1) is 5.82 Å². The van der Waals surface area contributed by atoms with Gasteiger partial charge in [-0.15, -0.1) is 0 Å². The van der Waals surface area contributed by atoms with Crippen LogP contribution in [0.1, 0.15) is 0 Å². The molecular formula is C20H13ClFN3. The van der Waals surface area contributed by atoms with Crippen LogP contribution in [0.3, 0.4) is 0 Å². The Morgan fingerprint density at radius 3 is 2.52 bits per heavy atom. The van der Waals surface area contributed by atoms with Gasteiger partial charge < -0.3 is 5.32 Å². The Bertz CT molecular complexity index is 1040. The summed E-state index contributed by atoms with van der Waals surface area (Å²) in [5, 5.41) is 4.54. The second kappa shape index (κ2) is 6.49. The molecule has 0 aliphatic rings. The molecule has 0 aliphatic heterocycles. The van der Waals surface area contributed by atoms with Crippen LogP contribution in [-0.2, 0) is 0 Å². The molecule has 4 rings (SSSR count). The van der Waals surface area contributed by atoms with Crippen molar-refractivity contribution < 1.29 is 4.39 Å². The van der Waals surface area contributed by atoms with Crippen molar-refractivity contribution in [3.05, 3.63) is 83.9 Å². The fourth-order valence-electron chi connectivity index (χ4n) is 2.80. The van der Waals surface area contributed by atoms with E-state index in [4.69, 9.17) is 11.6 Å². The molecule has 1 heterocycles. The largest absolute Gasteiger partial charge is 0.339 e. The first-order valence-electron chi connectivity index (χ1n) is 7.74. The van der Waals surface area contributed by atoms with Gasteiger partial charge in [0.25, 0.3) is 0 Å².